The molecule has 0 aliphatic rings. The van der Waals surface area contributed by atoms with Gasteiger partial charge in [-0.15, -0.1) is 0 Å². The minimum absolute atomic E-state index is 0.185. The molecule has 21 heavy (non-hydrogen) atoms. The first-order chi connectivity index (χ1) is 10.1. The summed E-state index contributed by atoms with van der Waals surface area (Å²) in [5.41, 5.74) is 11.1. The molecular weight excluding hydrogens is 324 g/mol. The zero-order valence-electron chi connectivity index (χ0n) is 12.9. The molecule has 0 fully saturated rings. The van der Waals surface area contributed by atoms with Crippen LogP contribution in [0.4, 0.5) is 5.69 Å². The van der Waals surface area contributed by atoms with Crippen molar-refractivity contribution in [1.82, 2.24) is 0 Å². The van der Waals surface area contributed by atoms with Crippen molar-refractivity contribution in [3.05, 3.63) is 63.6 Å². The van der Waals surface area contributed by atoms with E-state index < -0.39 is 0 Å². The molecule has 0 aliphatic carbocycles. The summed E-state index contributed by atoms with van der Waals surface area (Å²) in [5.74, 6) is 0. The van der Waals surface area contributed by atoms with Crippen molar-refractivity contribution in [2.75, 3.05) is 18.5 Å². The minimum atomic E-state index is 0.185. The van der Waals surface area contributed by atoms with Crippen LogP contribution in [0.1, 0.15) is 29.7 Å². The molecule has 0 radical (unpaired) electrons. The second-order valence-corrected chi connectivity index (χ2v) is 6.25. The van der Waals surface area contributed by atoms with Crippen molar-refractivity contribution >= 4 is 21.6 Å². The SMILES string of the molecule is CCc1ccc(N(C)C(CN)c2ccc(Br)c(C)c2)cc1. The van der Waals surface area contributed by atoms with Crippen molar-refractivity contribution in [2.24, 2.45) is 5.73 Å². The van der Waals surface area contributed by atoms with Gasteiger partial charge in [-0.2, -0.15) is 0 Å². The lowest BCUT2D eigenvalue weighted by Gasteiger charge is -2.30. The molecule has 112 valence electrons. The van der Waals surface area contributed by atoms with Crippen LogP contribution >= 0.6 is 15.9 Å². The lowest BCUT2D eigenvalue weighted by molar-refractivity contribution is 0.680. The van der Waals surface area contributed by atoms with Gasteiger partial charge >= 0.3 is 0 Å². The summed E-state index contributed by atoms with van der Waals surface area (Å²) in [6, 6.07) is 15.4. The first kappa shape index (κ1) is 16.1. The van der Waals surface area contributed by atoms with E-state index in [0.717, 1.165) is 10.9 Å². The number of rotatable bonds is 5. The van der Waals surface area contributed by atoms with Gasteiger partial charge in [0.2, 0.25) is 0 Å². The second-order valence-electron chi connectivity index (χ2n) is 5.39. The number of benzene rings is 2. The molecule has 3 heteroatoms. The highest BCUT2D eigenvalue weighted by atomic mass is 79.9. The maximum atomic E-state index is 6.03. The van der Waals surface area contributed by atoms with E-state index in [1.54, 1.807) is 0 Å². The summed E-state index contributed by atoms with van der Waals surface area (Å²) in [7, 11) is 2.11. The van der Waals surface area contributed by atoms with Gasteiger partial charge in [-0.25, -0.2) is 0 Å². The smallest absolute Gasteiger partial charge is 0.0661 e. The fraction of sp³-hybridized carbons (Fsp3) is 0.333. The maximum absolute atomic E-state index is 6.03. The molecule has 2 rings (SSSR count). The highest BCUT2D eigenvalue weighted by molar-refractivity contribution is 9.10. The molecule has 0 heterocycles. The lowest BCUT2D eigenvalue weighted by Crippen LogP contribution is -2.30. The predicted octanol–water partition coefficient (Wildman–Crippen LogP) is 4.46. The molecule has 2 aromatic rings. The Hall–Kier alpha value is -1.32. The predicted molar refractivity (Wildman–Crippen MR) is 94.9 cm³/mol. The van der Waals surface area contributed by atoms with Crippen LogP contribution in [0.15, 0.2) is 46.9 Å². The highest BCUT2D eigenvalue weighted by Crippen LogP contribution is 2.28. The number of anilines is 1. The van der Waals surface area contributed by atoms with Gasteiger partial charge in [0.05, 0.1) is 6.04 Å². The minimum Gasteiger partial charge on any atom is -0.366 e. The molecule has 2 nitrogen and oxygen atoms in total. The standard InChI is InChI=1S/C18H23BrN2/c1-4-14-5-8-16(9-6-14)21(3)18(12-20)15-7-10-17(19)13(2)11-15/h5-11,18H,4,12,20H2,1-3H3. The molecule has 0 bridgehead atoms. The average Bonchev–Trinajstić information content (AvgIpc) is 2.51. The van der Waals surface area contributed by atoms with Crippen LogP contribution in [-0.2, 0) is 6.42 Å². The van der Waals surface area contributed by atoms with Crippen LogP contribution in [-0.4, -0.2) is 13.6 Å². The molecular formula is C18H23BrN2. The third kappa shape index (κ3) is 3.66. The summed E-state index contributed by atoms with van der Waals surface area (Å²) in [4.78, 5) is 2.25. The third-order valence-electron chi connectivity index (χ3n) is 4.01. The quantitative estimate of drug-likeness (QED) is 0.865. The fourth-order valence-electron chi connectivity index (χ4n) is 2.54. The highest BCUT2D eigenvalue weighted by Gasteiger charge is 2.16. The van der Waals surface area contributed by atoms with Gasteiger partial charge in [-0.05, 0) is 48.2 Å². The van der Waals surface area contributed by atoms with E-state index in [-0.39, 0.29) is 6.04 Å². The number of hydrogen-bond donors (Lipinski definition) is 1. The van der Waals surface area contributed by atoms with Gasteiger partial charge in [0.25, 0.3) is 0 Å². The van der Waals surface area contributed by atoms with E-state index in [2.05, 4.69) is 84.2 Å². The van der Waals surface area contributed by atoms with E-state index in [0.29, 0.717) is 6.54 Å². The van der Waals surface area contributed by atoms with Crippen molar-refractivity contribution in [3.63, 3.8) is 0 Å². The number of aryl methyl sites for hydroxylation is 2. The van der Waals surface area contributed by atoms with Crippen LogP contribution in [0.3, 0.4) is 0 Å². The Morgan fingerprint density at radius 2 is 1.81 bits per heavy atom. The summed E-state index contributed by atoms with van der Waals surface area (Å²) >= 11 is 3.55. The molecule has 1 unspecified atom stereocenters. The third-order valence-corrected chi connectivity index (χ3v) is 4.90. The molecule has 0 aliphatic heterocycles. The van der Waals surface area contributed by atoms with Crippen LogP contribution in [0, 0.1) is 6.92 Å². The van der Waals surface area contributed by atoms with Gasteiger partial charge in [-0.3, -0.25) is 0 Å². The largest absolute Gasteiger partial charge is 0.366 e. The zero-order valence-corrected chi connectivity index (χ0v) is 14.5. The summed E-state index contributed by atoms with van der Waals surface area (Å²) in [5, 5.41) is 0. The van der Waals surface area contributed by atoms with Crippen molar-refractivity contribution < 1.29 is 0 Å². The van der Waals surface area contributed by atoms with Gasteiger partial charge < -0.3 is 10.6 Å². The Bertz CT molecular complexity index is 593. The Morgan fingerprint density at radius 1 is 1.14 bits per heavy atom. The number of likely N-dealkylation sites (N-methyl/N-ethyl adjacent to an activating group) is 1. The van der Waals surface area contributed by atoms with Crippen LogP contribution in [0.5, 0.6) is 0 Å². The van der Waals surface area contributed by atoms with Crippen molar-refractivity contribution in [2.45, 2.75) is 26.3 Å². The molecule has 2 N–H and O–H groups in total. The molecule has 0 amide bonds. The van der Waals surface area contributed by atoms with Crippen LogP contribution in [0.2, 0.25) is 0 Å². The Labute approximate surface area is 136 Å². The van der Waals surface area contributed by atoms with E-state index in [9.17, 15) is 0 Å². The molecule has 1 atom stereocenters. The van der Waals surface area contributed by atoms with Gasteiger partial charge in [-0.1, -0.05) is 47.1 Å². The Kier molecular flexibility index (Phi) is 5.43. The number of nitrogens with zero attached hydrogens (tertiary/aromatic N) is 1. The normalized spacial score (nSPS) is 12.2. The molecule has 0 saturated heterocycles. The van der Waals surface area contributed by atoms with Gasteiger partial charge in [0.1, 0.15) is 0 Å². The van der Waals surface area contributed by atoms with Gasteiger partial charge in [0.15, 0.2) is 0 Å². The van der Waals surface area contributed by atoms with Crippen LogP contribution in [0.25, 0.3) is 0 Å². The number of hydrogen-bond acceptors (Lipinski definition) is 2. The Balaban J connectivity index is 2.28. The molecule has 0 aromatic heterocycles. The molecule has 0 spiro atoms. The van der Waals surface area contributed by atoms with E-state index in [1.165, 1.54) is 22.4 Å². The monoisotopic (exact) mass is 346 g/mol. The topological polar surface area (TPSA) is 29.3 Å². The lowest BCUT2D eigenvalue weighted by atomic mass is 10.0. The first-order valence-corrected chi connectivity index (χ1v) is 8.14. The van der Waals surface area contributed by atoms with E-state index >= 15 is 0 Å². The average molecular weight is 347 g/mol. The van der Waals surface area contributed by atoms with Crippen molar-refractivity contribution in [1.29, 1.82) is 0 Å². The molecule has 0 saturated carbocycles. The fourth-order valence-corrected chi connectivity index (χ4v) is 2.79. The zero-order chi connectivity index (χ0) is 15.4. The van der Waals surface area contributed by atoms with E-state index in [4.69, 9.17) is 5.73 Å². The second kappa shape index (κ2) is 7.10. The number of halogens is 1. The van der Waals surface area contributed by atoms with Gasteiger partial charge in [0, 0.05) is 23.8 Å². The summed E-state index contributed by atoms with van der Waals surface area (Å²) in [6.07, 6.45) is 1.07. The summed E-state index contributed by atoms with van der Waals surface area (Å²) in [6.45, 7) is 4.87. The van der Waals surface area contributed by atoms with Crippen LogP contribution < -0.4 is 10.6 Å². The Morgan fingerprint density at radius 3 is 2.33 bits per heavy atom. The maximum Gasteiger partial charge on any atom is 0.0661 e. The van der Waals surface area contributed by atoms with E-state index in [1.807, 2.05) is 0 Å². The number of nitrogens with two attached hydrogens (primary N) is 1. The van der Waals surface area contributed by atoms with Crippen molar-refractivity contribution in [3.8, 4) is 0 Å². The molecule has 2 aromatic carbocycles. The first-order valence-electron chi connectivity index (χ1n) is 7.34. The summed E-state index contributed by atoms with van der Waals surface area (Å²) < 4.78 is 1.14.